The van der Waals surface area contributed by atoms with Crippen molar-refractivity contribution in [1.82, 2.24) is 9.97 Å². The van der Waals surface area contributed by atoms with Crippen molar-refractivity contribution in [3.8, 4) is 0 Å². The number of rotatable bonds is 4. The minimum atomic E-state index is -1.37. The molecule has 0 radical (unpaired) electrons. The second-order valence-electron chi connectivity index (χ2n) is 7.34. The van der Waals surface area contributed by atoms with Gasteiger partial charge in [-0.3, -0.25) is 14.8 Å². The first kappa shape index (κ1) is 15.9. The number of aromatic nitrogens is 2. The maximum Gasteiger partial charge on any atom is 0.310 e. The Balaban J connectivity index is 2.04. The van der Waals surface area contributed by atoms with Crippen LogP contribution in [0.4, 0.5) is 0 Å². The first-order valence-corrected chi connectivity index (χ1v) is 11.7. The summed E-state index contributed by atoms with van der Waals surface area (Å²) in [5, 5.41) is 0. The summed E-state index contributed by atoms with van der Waals surface area (Å²) >= 11 is 0. The van der Waals surface area contributed by atoms with Crippen LogP contribution in [0.2, 0.25) is 25.7 Å². The number of hydrogen-bond donors (Lipinski definition) is 0. The number of ether oxygens (including phenoxy) is 1. The van der Waals surface area contributed by atoms with Crippen LogP contribution in [0.1, 0.15) is 17.8 Å². The molecule has 0 spiro atoms. The van der Waals surface area contributed by atoms with Crippen molar-refractivity contribution >= 4 is 14.0 Å². The normalized spacial score (nSPS) is 20.3. The van der Waals surface area contributed by atoms with Gasteiger partial charge in [0.25, 0.3) is 0 Å². The molecule has 23 heavy (non-hydrogen) atoms. The molecule has 2 aromatic rings. The second kappa shape index (κ2) is 5.89. The van der Waals surface area contributed by atoms with Crippen LogP contribution in [0.3, 0.4) is 0 Å². The van der Waals surface area contributed by atoms with E-state index < -0.39 is 13.7 Å². The fraction of sp³-hybridized carbons (Fsp3) is 0.389. The molecule has 0 amide bonds. The molecular formula is C18H22N2O2Si. The second-order valence-corrected chi connectivity index (χ2v) is 12.9. The van der Waals surface area contributed by atoms with Crippen LogP contribution in [0.25, 0.3) is 0 Å². The summed E-state index contributed by atoms with van der Waals surface area (Å²) in [6.45, 7) is 6.84. The number of carbonyl (C=O) groups excluding carboxylic acids is 1. The van der Waals surface area contributed by atoms with E-state index in [1.807, 2.05) is 36.4 Å². The summed E-state index contributed by atoms with van der Waals surface area (Å²) in [6.07, 6.45) is 4.09. The van der Waals surface area contributed by atoms with Crippen LogP contribution >= 0.6 is 0 Å². The lowest BCUT2D eigenvalue weighted by molar-refractivity contribution is -0.148. The van der Waals surface area contributed by atoms with Gasteiger partial charge in [0, 0.05) is 26.9 Å². The Morgan fingerprint density at radius 3 is 2.09 bits per heavy atom. The molecule has 5 heteroatoms. The number of nitrogens with zero attached hydrogens (tertiary/aromatic N) is 2. The first-order chi connectivity index (χ1) is 10.9. The van der Waals surface area contributed by atoms with Crippen molar-refractivity contribution in [3.63, 3.8) is 0 Å². The molecule has 3 heterocycles. The molecule has 1 atom stereocenters. The number of esters is 1. The molecule has 0 aliphatic carbocycles. The Bertz CT molecular complexity index is 644. The van der Waals surface area contributed by atoms with E-state index in [4.69, 9.17) is 4.74 Å². The highest BCUT2D eigenvalue weighted by Crippen LogP contribution is 2.45. The first-order valence-electron chi connectivity index (χ1n) is 7.97. The monoisotopic (exact) mass is 326 g/mol. The van der Waals surface area contributed by atoms with E-state index in [9.17, 15) is 4.79 Å². The van der Waals surface area contributed by atoms with Crippen LogP contribution < -0.4 is 0 Å². The van der Waals surface area contributed by atoms with Gasteiger partial charge in [0.2, 0.25) is 0 Å². The minimum absolute atomic E-state index is 0.0781. The molecule has 1 aliphatic rings. The van der Waals surface area contributed by atoms with Crippen LogP contribution in [0.15, 0.2) is 48.8 Å². The zero-order chi connectivity index (χ0) is 16.5. The third kappa shape index (κ3) is 3.20. The molecule has 4 nitrogen and oxygen atoms in total. The topological polar surface area (TPSA) is 52.1 Å². The number of pyridine rings is 2. The van der Waals surface area contributed by atoms with E-state index in [0.29, 0.717) is 6.42 Å². The Hall–Kier alpha value is -2.01. The lowest BCUT2D eigenvalue weighted by atomic mass is 9.87. The van der Waals surface area contributed by atoms with Crippen LogP contribution in [-0.2, 0) is 15.1 Å². The molecule has 1 fully saturated rings. The summed E-state index contributed by atoms with van der Waals surface area (Å²) in [4.78, 5) is 21.5. The van der Waals surface area contributed by atoms with E-state index >= 15 is 0 Å². The molecule has 1 saturated heterocycles. The predicted octanol–water partition coefficient (Wildman–Crippen LogP) is 3.62. The van der Waals surface area contributed by atoms with Gasteiger partial charge < -0.3 is 4.74 Å². The lowest BCUT2D eigenvalue weighted by Crippen LogP contribution is -2.30. The maximum absolute atomic E-state index is 12.6. The van der Waals surface area contributed by atoms with Crippen molar-refractivity contribution in [2.75, 3.05) is 0 Å². The summed E-state index contributed by atoms with van der Waals surface area (Å²) < 4.78 is 5.94. The standard InChI is InChI=1S/C18H22N2O2Si/c1-23(2,3)13-14-12-18(22-17(14)21,15-8-4-6-10-19-15)16-9-5-7-11-20-16/h4-11,14H,12-13H2,1-3H3. The van der Waals surface area contributed by atoms with Crippen molar-refractivity contribution < 1.29 is 9.53 Å². The highest BCUT2D eigenvalue weighted by atomic mass is 28.3. The summed E-state index contributed by atoms with van der Waals surface area (Å²) in [5.41, 5.74) is 0.652. The van der Waals surface area contributed by atoms with E-state index in [2.05, 4.69) is 29.6 Å². The molecule has 1 aliphatic heterocycles. The van der Waals surface area contributed by atoms with Gasteiger partial charge in [-0.15, -0.1) is 0 Å². The Kier molecular flexibility index (Phi) is 4.06. The van der Waals surface area contributed by atoms with E-state index in [1.165, 1.54) is 0 Å². The van der Waals surface area contributed by atoms with Gasteiger partial charge in [0.05, 0.1) is 17.3 Å². The molecule has 0 bridgehead atoms. The number of hydrogen-bond acceptors (Lipinski definition) is 4. The van der Waals surface area contributed by atoms with Gasteiger partial charge >= 0.3 is 5.97 Å². The van der Waals surface area contributed by atoms with E-state index in [-0.39, 0.29) is 11.9 Å². The fourth-order valence-corrected chi connectivity index (χ4v) is 5.06. The predicted molar refractivity (Wildman–Crippen MR) is 91.6 cm³/mol. The smallest absolute Gasteiger partial charge is 0.310 e. The Morgan fingerprint density at radius 2 is 1.65 bits per heavy atom. The maximum atomic E-state index is 12.6. The fourth-order valence-electron chi connectivity index (χ4n) is 3.27. The quantitative estimate of drug-likeness (QED) is 0.636. The third-order valence-electron chi connectivity index (χ3n) is 4.16. The molecule has 0 N–H and O–H groups in total. The zero-order valence-corrected chi connectivity index (χ0v) is 14.8. The highest BCUT2D eigenvalue weighted by Gasteiger charge is 2.51. The van der Waals surface area contributed by atoms with Crippen molar-refractivity contribution in [3.05, 3.63) is 60.2 Å². The lowest BCUT2D eigenvalue weighted by Gasteiger charge is -2.26. The summed E-state index contributed by atoms with van der Waals surface area (Å²) in [5.74, 6) is -0.200. The van der Waals surface area contributed by atoms with Crippen LogP contribution in [-0.4, -0.2) is 24.0 Å². The van der Waals surface area contributed by atoms with Crippen LogP contribution in [0.5, 0.6) is 0 Å². The van der Waals surface area contributed by atoms with Gasteiger partial charge in [-0.05, 0) is 30.3 Å². The van der Waals surface area contributed by atoms with Gasteiger partial charge in [-0.1, -0.05) is 31.8 Å². The molecular weight excluding hydrogens is 304 g/mol. The molecule has 3 rings (SSSR count). The van der Waals surface area contributed by atoms with Gasteiger partial charge in [0.15, 0.2) is 5.60 Å². The molecule has 1 unspecified atom stereocenters. The van der Waals surface area contributed by atoms with E-state index in [1.54, 1.807) is 12.4 Å². The molecule has 0 aromatic carbocycles. The average Bonchev–Trinajstić information content (AvgIpc) is 2.85. The Labute approximate surface area is 137 Å². The largest absolute Gasteiger partial charge is 0.446 e. The average molecular weight is 326 g/mol. The van der Waals surface area contributed by atoms with Crippen molar-refractivity contribution in [1.29, 1.82) is 0 Å². The van der Waals surface area contributed by atoms with Crippen LogP contribution in [0, 0.1) is 5.92 Å². The zero-order valence-electron chi connectivity index (χ0n) is 13.8. The van der Waals surface area contributed by atoms with Crippen molar-refractivity contribution in [2.45, 2.75) is 37.7 Å². The SMILES string of the molecule is C[Si](C)(C)CC1CC(c2ccccn2)(c2ccccn2)OC1=O. The molecule has 0 saturated carbocycles. The van der Waals surface area contributed by atoms with Crippen molar-refractivity contribution in [2.24, 2.45) is 5.92 Å². The molecule has 120 valence electrons. The summed E-state index contributed by atoms with van der Waals surface area (Å²) in [7, 11) is -1.37. The highest BCUT2D eigenvalue weighted by molar-refractivity contribution is 6.76. The Morgan fingerprint density at radius 1 is 1.09 bits per heavy atom. The summed E-state index contributed by atoms with van der Waals surface area (Å²) in [6, 6.07) is 12.3. The number of cyclic esters (lactones) is 1. The van der Waals surface area contributed by atoms with Gasteiger partial charge in [-0.2, -0.15) is 0 Å². The molecule has 2 aromatic heterocycles. The third-order valence-corrected chi connectivity index (χ3v) is 5.88. The minimum Gasteiger partial charge on any atom is -0.446 e. The van der Waals surface area contributed by atoms with Gasteiger partial charge in [-0.25, -0.2) is 0 Å². The van der Waals surface area contributed by atoms with E-state index in [0.717, 1.165) is 17.4 Å². The number of carbonyl (C=O) groups is 1. The van der Waals surface area contributed by atoms with Gasteiger partial charge in [0.1, 0.15) is 0 Å².